The van der Waals surface area contributed by atoms with Crippen molar-refractivity contribution < 1.29 is 19.5 Å². The molecule has 1 heterocycles. The summed E-state index contributed by atoms with van der Waals surface area (Å²) < 4.78 is 1.78. The summed E-state index contributed by atoms with van der Waals surface area (Å²) in [5.41, 5.74) is 5.04. The smallest absolute Gasteiger partial charge is 0.273 e. The number of amides is 3. The fraction of sp³-hybridized carbons (Fsp3) is 0.100. The van der Waals surface area contributed by atoms with E-state index in [-0.39, 0.29) is 34.2 Å². The highest BCUT2D eigenvalue weighted by atomic mass is 35.5. The number of rotatable bonds is 6. The van der Waals surface area contributed by atoms with E-state index >= 15 is 0 Å². The average molecular weight is 428 g/mol. The second-order valence-electron chi connectivity index (χ2n) is 6.25. The number of hydrogen-bond acceptors (Lipinski definition) is 5. The van der Waals surface area contributed by atoms with Gasteiger partial charge in [-0.25, -0.2) is 4.98 Å². The van der Waals surface area contributed by atoms with Gasteiger partial charge in [0.1, 0.15) is 5.75 Å². The minimum atomic E-state index is -0.729. The maximum Gasteiger partial charge on any atom is 0.273 e. The van der Waals surface area contributed by atoms with Crippen LogP contribution in [0.1, 0.15) is 27.1 Å². The third-order valence-electron chi connectivity index (χ3n) is 4.06. The monoisotopic (exact) mass is 427 g/mol. The topological polar surface area (TPSA) is 125 Å². The molecule has 3 amide bonds. The number of phenols is 1. The predicted molar refractivity (Wildman–Crippen MR) is 110 cm³/mol. The minimum Gasteiger partial charge on any atom is -0.507 e. The molecule has 0 fully saturated rings. The summed E-state index contributed by atoms with van der Waals surface area (Å²) in [5.74, 6) is -1.82. The maximum atomic E-state index is 12.3. The van der Waals surface area contributed by atoms with E-state index < -0.39 is 11.8 Å². The second-order valence-corrected chi connectivity index (χ2v) is 6.69. The number of carbonyl (C=O) groups excluding carboxylic acids is 3. The van der Waals surface area contributed by atoms with Crippen molar-refractivity contribution in [3.63, 3.8) is 0 Å². The maximum absolute atomic E-state index is 12.3. The molecule has 0 radical (unpaired) electrons. The van der Waals surface area contributed by atoms with Gasteiger partial charge in [-0.2, -0.15) is 0 Å². The van der Waals surface area contributed by atoms with Crippen LogP contribution in [0.3, 0.4) is 0 Å². The molecule has 0 aliphatic rings. The van der Waals surface area contributed by atoms with Gasteiger partial charge in [-0.1, -0.05) is 17.7 Å². The average Bonchev–Trinajstić information content (AvgIpc) is 3.26. The van der Waals surface area contributed by atoms with E-state index in [1.54, 1.807) is 35.4 Å². The Morgan fingerprint density at radius 2 is 1.87 bits per heavy atom. The number of hydrazine groups is 1. The first kappa shape index (κ1) is 20.9. The quantitative estimate of drug-likeness (QED) is 0.449. The first-order valence-electron chi connectivity index (χ1n) is 8.87. The Hall–Kier alpha value is -3.85. The third kappa shape index (κ3) is 5.58. The Morgan fingerprint density at radius 3 is 2.63 bits per heavy atom. The summed E-state index contributed by atoms with van der Waals surface area (Å²) >= 11 is 5.81. The molecule has 10 heteroatoms. The van der Waals surface area contributed by atoms with Gasteiger partial charge in [0, 0.05) is 41.6 Å². The van der Waals surface area contributed by atoms with E-state index in [4.69, 9.17) is 11.6 Å². The lowest BCUT2D eigenvalue weighted by atomic mass is 10.2. The van der Waals surface area contributed by atoms with Crippen molar-refractivity contribution in [3.8, 4) is 5.75 Å². The lowest BCUT2D eigenvalue weighted by Gasteiger charge is -2.10. The standard InChI is InChI=1S/C20H18ClN5O4/c21-14-4-5-17(27)16(11-14)20(30)25-24-19(29)13-2-1-3-15(10-13)23-18(28)6-8-26-9-7-22-12-26/h1-5,7,9-12,27H,6,8H2,(H,23,28)(H,24,29)(H,25,30). The predicted octanol–water partition coefficient (Wildman–Crippen LogP) is 2.35. The van der Waals surface area contributed by atoms with Crippen LogP contribution in [0.25, 0.3) is 0 Å². The molecule has 0 aliphatic heterocycles. The van der Waals surface area contributed by atoms with E-state index in [1.165, 1.54) is 30.3 Å². The van der Waals surface area contributed by atoms with Gasteiger partial charge in [0.05, 0.1) is 11.9 Å². The fourth-order valence-corrected chi connectivity index (χ4v) is 2.73. The molecule has 0 saturated heterocycles. The van der Waals surface area contributed by atoms with Crippen LogP contribution in [0, 0.1) is 0 Å². The first-order chi connectivity index (χ1) is 14.4. The van der Waals surface area contributed by atoms with Crippen molar-refractivity contribution in [1.29, 1.82) is 0 Å². The zero-order valence-corrected chi connectivity index (χ0v) is 16.4. The molecular weight excluding hydrogens is 410 g/mol. The number of hydrogen-bond donors (Lipinski definition) is 4. The number of halogens is 1. The van der Waals surface area contributed by atoms with Crippen molar-refractivity contribution >= 4 is 35.0 Å². The van der Waals surface area contributed by atoms with Gasteiger partial charge in [-0.05, 0) is 36.4 Å². The lowest BCUT2D eigenvalue weighted by molar-refractivity contribution is -0.116. The second kappa shape index (κ2) is 9.57. The minimum absolute atomic E-state index is 0.0818. The number of nitrogens with one attached hydrogen (secondary N) is 3. The van der Waals surface area contributed by atoms with Gasteiger partial charge >= 0.3 is 0 Å². The normalized spacial score (nSPS) is 10.3. The fourth-order valence-electron chi connectivity index (χ4n) is 2.55. The molecule has 0 atom stereocenters. The Bertz CT molecular complexity index is 1070. The van der Waals surface area contributed by atoms with Crippen LogP contribution >= 0.6 is 11.6 Å². The van der Waals surface area contributed by atoms with Crippen LogP contribution in [0.15, 0.2) is 61.2 Å². The van der Waals surface area contributed by atoms with Crippen LogP contribution in [0.5, 0.6) is 5.75 Å². The molecule has 30 heavy (non-hydrogen) atoms. The van der Waals surface area contributed by atoms with Crippen molar-refractivity contribution in [2.75, 3.05) is 5.32 Å². The number of benzene rings is 2. The molecule has 0 spiro atoms. The highest BCUT2D eigenvalue weighted by Crippen LogP contribution is 2.21. The van der Waals surface area contributed by atoms with Crippen molar-refractivity contribution in [2.24, 2.45) is 0 Å². The molecule has 0 unspecified atom stereocenters. The number of imidazole rings is 1. The van der Waals surface area contributed by atoms with Gasteiger partial charge in [-0.15, -0.1) is 0 Å². The summed E-state index contributed by atoms with van der Waals surface area (Å²) in [4.78, 5) is 40.4. The highest BCUT2D eigenvalue weighted by Gasteiger charge is 2.14. The summed E-state index contributed by atoms with van der Waals surface area (Å²) in [6.07, 6.45) is 5.25. The third-order valence-corrected chi connectivity index (χ3v) is 4.29. The molecule has 0 saturated carbocycles. The van der Waals surface area contributed by atoms with Crippen LogP contribution in [0.4, 0.5) is 5.69 Å². The van der Waals surface area contributed by atoms with Gasteiger partial charge in [0.15, 0.2) is 0 Å². The molecule has 3 rings (SSSR count). The lowest BCUT2D eigenvalue weighted by Crippen LogP contribution is -2.41. The number of aryl methyl sites for hydroxylation is 1. The highest BCUT2D eigenvalue weighted by molar-refractivity contribution is 6.31. The largest absolute Gasteiger partial charge is 0.507 e. The number of phenolic OH excluding ortho intramolecular Hbond substituents is 1. The molecule has 9 nitrogen and oxygen atoms in total. The number of nitrogens with zero attached hydrogens (tertiary/aromatic N) is 2. The molecule has 2 aromatic carbocycles. The summed E-state index contributed by atoms with van der Waals surface area (Å²) in [7, 11) is 0. The molecule has 3 aromatic rings. The zero-order chi connectivity index (χ0) is 21.5. The van der Waals surface area contributed by atoms with E-state index in [0.717, 1.165) is 0 Å². The Labute approximate surface area is 176 Å². The van der Waals surface area contributed by atoms with Gasteiger partial charge in [-0.3, -0.25) is 25.2 Å². The molecule has 1 aromatic heterocycles. The number of anilines is 1. The Kier molecular flexibility index (Phi) is 6.66. The summed E-state index contributed by atoms with van der Waals surface area (Å²) in [6.45, 7) is 0.481. The molecule has 4 N–H and O–H groups in total. The first-order valence-corrected chi connectivity index (χ1v) is 9.25. The molecular formula is C20H18ClN5O4. The van der Waals surface area contributed by atoms with E-state index in [2.05, 4.69) is 21.2 Å². The van der Waals surface area contributed by atoms with Crippen molar-refractivity contribution in [2.45, 2.75) is 13.0 Å². The van der Waals surface area contributed by atoms with Gasteiger partial charge < -0.3 is 15.0 Å². The van der Waals surface area contributed by atoms with Crippen molar-refractivity contribution in [1.82, 2.24) is 20.4 Å². The molecule has 154 valence electrons. The van der Waals surface area contributed by atoms with Crippen LogP contribution < -0.4 is 16.2 Å². The van der Waals surface area contributed by atoms with Gasteiger partial charge in [0.25, 0.3) is 11.8 Å². The SMILES string of the molecule is O=C(CCn1ccnc1)Nc1cccc(C(=O)NNC(=O)c2cc(Cl)ccc2O)c1. The van der Waals surface area contributed by atoms with E-state index in [0.29, 0.717) is 12.2 Å². The van der Waals surface area contributed by atoms with Crippen molar-refractivity contribution in [3.05, 3.63) is 77.3 Å². The van der Waals surface area contributed by atoms with E-state index in [1.807, 2.05) is 0 Å². The number of carbonyl (C=O) groups is 3. The Balaban J connectivity index is 1.55. The van der Waals surface area contributed by atoms with E-state index in [9.17, 15) is 19.5 Å². The molecule has 0 bridgehead atoms. The summed E-state index contributed by atoms with van der Waals surface area (Å²) in [5, 5.41) is 12.7. The Morgan fingerprint density at radius 1 is 1.07 bits per heavy atom. The van der Waals surface area contributed by atoms with Crippen LogP contribution in [0.2, 0.25) is 5.02 Å². The number of aromatic nitrogens is 2. The van der Waals surface area contributed by atoms with Crippen LogP contribution in [-0.4, -0.2) is 32.4 Å². The van der Waals surface area contributed by atoms with Gasteiger partial charge in [0.2, 0.25) is 5.91 Å². The zero-order valence-electron chi connectivity index (χ0n) is 15.6. The molecule has 0 aliphatic carbocycles. The summed E-state index contributed by atoms with van der Waals surface area (Å²) in [6, 6.07) is 10.2. The van der Waals surface area contributed by atoms with Crippen LogP contribution in [-0.2, 0) is 11.3 Å². The number of aromatic hydroxyl groups is 1.